The van der Waals surface area contributed by atoms with Crippen molar-refractivity contribution in [3.8, 4) is 17.6 Å². The van der Waals surface area contributed by atoms with Crippen molar-refractivity contribution in [3.63, 3.8) is 0 Å². The summed E-state index contributed by atoms with van der Waals surface area (Å²) in [6.45, 7) is 2.29. The average molecular weight is 373 g/mol. The van der Waals surface area contributed by atoms with Gasteiger partial charge in [0.25, 0.3) is 0 Å². The van der Waals surface area contributed by atoms with E-state index < -0.39 is 0 Å². The summed E-state index contributed by atoms with van der Waals surface area (Å²) in [4.78, 5) is 12.1. The van der Waals surface area contributed by atoms with Gasteiger partial charge >= 0.3 is 0 Å². The Balaban J connectivity index is 1.77. The quantitative estimate of drug-likeness (QED) is 0.703. The molecule has 2 aromatic carbocycles. The molecule has 0 saturated carbocycles. The van der Waals surface area contributed by atoms with E-state index in [-0.39, 0.29) is 11.9 Å². The molecule has 0 unspecified atom stereocenters. The number of nitrogens with one attached hydrogen (secondary N) is 1. The molecule has 0 spiro atoms. The number of ether oxygens (including phenoxy) is 2. The SMILES string of the molecule is COc1cc(C#N)ccc1OCCCC(=O)N[C@H](C)c1cccc(Cl)c1. The van der Waals surface area contributed by atoms with Gasteiger partial charge in [-0.1, -0.05) is 23.7 Å². The summed E-state index contributed by atoms with van der Waals surface area (Å²) in [7, 11) is 1.52. The number of benzene rings is 2. The second kappa shape index (κ2) is 9.69. The number of hydrogen-bond donors (Lipinski definition) is 1. The van der Waals surface area contributed by atoms with Crippen LogP contribution in [-0.2, 0) is 4.79 Å². The van der Waals surface area contributed by atoms with Gasteiger partial charge in [0, 0.05) is 17.5 Å². The summed E-state index contributed by atoms with van der Waals surface area (Å²) in [5.74, 6) is 1.01. The van der Waals surface area contributed by atoms with Crippen molar-refractivity contribution in [1.29, 1.82) is 5.26 Å². The highest BCUT2D eigenvalue weighted by molar-refractivity contribution is 6.30. The molecule has 0 saturated heterocycles. The first kappa shape index (κ1) is 19.6. The molecule has 0 heterocycles. The Morgan fingerprint density at radius 1 is 1.27 bits per heavy atom. The summed E-state index contributed by atoms with van der Waals surface area (Å²) in [6, 6.07) is 14.3. The number of nitrogens with zero attached hydrogens (tertiary/aromatic N) is 1. The summed E-state index contributed by atoms with van der Waals surface area (Å²) in [5, 5.41) is 12.5. The average Bonchev–Trinajstić information content (AvgIpc) is 2.65. The number of amides is 1. The fourth-order valence-electron chi connectivity index (χ4n) is 2.44. The van der Waals surface area contributed by atoms with Crippen molar-refractivity contribution in [1.82, 2.24) is 5.32 Å². The van der Waals surface area contributed by atoms with Crippen molar-refractivity contribution in [2.24, 2.45) is 0 Å². The van der Waals surface area contributed by atoms with Crippen LogP contribution in [0.15, 0.2) is 42.5 Å². The molecule has 1 atom stereocenters. The highest BCUT2D eigenvalue weighted by Crippen LogP contribution is 2.28. The molecule has 0 aliphatic carbocycles. The maximum atomic E-state index is 12.1. The number of rotatable bonds is 8. The lowest BCUT2D eigenvalue weighted by atomic mass is 10.1. The molecule has 0 aromatic heterocycles. The van der Waals surface area contributed by atoms with Gasteiger partial charge in [0.2, 0.25) is 5.91 Å². The van der Waals surface area contributed by atoms with Crippen LogP contribution < -0.4 is 14.8 Å². The fourth-order valence-corrected chi connectivity index (χ4v) is 2.64. The van der Waals surface area contributed by atoms with Crippen molar-refractivity contribution in [3.05, 3.63) is 58.6 Å². The van der Waals surface area contributed by atoms with E-state index in [1.165, 1.54) is 7.11 Å². The molecular formula is C20H21ClN2O3. The van der Waals surface area contributed by atoms with E-state index in [9.17, 15) is 4.79 Å². The van der Waals surface area contributed by atoms with Crippen LogP contribution in [0.5, 0.6) is 11.5 Å². The molecule has 0 fully saturated rings. The number of nitriles is 1. The Kier molecular flexibility index (Phi) is 7.31. The standard InChI is InChI=1S/C20H21ClN2O3/c1-14(16-5-3-6-17(21)12-16)23-20(24)7-4-10-26-18-9-8-15(13-22)11-19(18)25-2/h3,5-6,8-9,11-12,14H,4,7,10H2,1-2H3,(H,23,24)/t14-/m1/s1. The van der Waals surface area contributed by atoms with Gasteiger partial charge in [0.05, 0.1) is 31.4 Å². The molecule has 1 amide bonds. The minimum absolute atomic E-state index is 0.0483. The molecule has 26 heavy (non-hydrogen) atoms. The van der Waals surface area contributed by atoms with Crippen molar-refractivity contribution < 1.29 is 14.3 Å². The fraction of sp³-hybridized carbons (Fsp3) is 0.300. The minimum Gasteiger partial charge on any atom is -0.493 e. The van der Waals surface area contributed by atoms with Gasteiger partial charge < -0.3 is 14.8 Å². The Morgan fingerprint density at radius 2 is 2.08 bits per heavy atom. The van der Waals surface area contributed by atoms with Crippen LogP contribution in [-0.4, -0.2) is 19.6 Å². The van der Waals surface area contributed by atoms with Crippen LogP contribution in [0.3, 0.4) is 0 Å². The highest BCUT2D eigenvalue weighted by atomic mass is 35.5. The predicted molar refractivity (Wildman–Crippen MR) is 100 cm³/mol. The van der Waals surface area contributed by atoms with E-state index in [4.69, 9.17) is 26.3 Å². The number of carbonyl (C=O) groups is 1. The normalized spacial score (nSPS) is 11.3. The van der Waals surface area contributed by atoms with Gasteiger partial charge in [-0.05, 0) is 43.2 Å². The van der Waals surface area contributed by atoms with E-state index in [1.54, 1.807) is 24.3 Å². The van der Waals surface area contributed by atoms with Gasteiger partial charge in [-0.15, -0.1) is 0 Å². The summed E-state index contributed by atoms with van der Waals surface area (Å²) in [5.41, 5.74) is 1.47. The number of hydrogen-bond acceptors (Lipinski definition) is 4. The zero-order valence-corrected chi connectivity index (χ0v) is 15.5. The lowest BCUT2D eigenvalue weighted by molar-refractivity contribution is -0.121. The summed E-state index contributed by atoms with van der Waals surface area (Å²) in [6.07, 6.45) is 0.917. The zero-order valence-electron chi connectivity index (χ0n) is 14.8. The lowest BCUT2D eigenvalue weighted by Crippen LogP contribution is -2.26. The second-order valence-electron chi connectivity index (χ2n) is 5.77. The molecular weight excluding hydrogens is 352 g/mol. The third-order valence-electron chi connectivity index (χ3n) is 3.82. The molecule has 0 aliphatic heterocycles. The Morgan fingerprint density at radius 3 is 2.77 bits per heavy atom. The first-order chi connectivity index (χ1) is 12.5. The van der Waals surface area contributed by atoms with Crippen LogP contribution in [0.1, 0.15) is 36.9 Å². The molecule has 2 rings (SSSR count). The van der Waals surface area contributed by atoms with Crippen LogP contribution in [0.25, 0.3) is 0 Å². The minimum atomic E-state index is -0.110. The molecule has 0 aliphatic rings. The van der Waals surface area contributed by atoms with Gasteiger partial charge in [-0.2, -0.15) is 5.26 Å². The van der Waals surface area contributed by atoms with Crippen molar-refractivity contribution in [2.75, 3.05) is 13.7 Å². The van der Waals surface area contributed by atoms with E-state index in [0.29, 0.717) is 41.5 Å². The summed E-state index contributed by atoms with van der Waals surface area (Å²) >= 11 is 5.97. The molecule has 2 aromatic rings. The lowest BCUT2D eigenvalue weighted by Gasteiger charge is -2.15. The van der Waals surface area contributed by atoms with Gasteiger partial charge in [-0.3, -0.25) is 4.79 Å². The monoisotopic (exact) mass is 372 g/mol. The number of methoxy groups -OCH3 is 1. The third-order valence-corrected chi connectivity index (χ3v) is 4.06. The Labute approximate surface area is 158 Å². The molecule has 5 nitrogen and oxygen atoms in total. The largest absolute Gasteiger partial charge is 0.493 e. The first-order valence-corrected chi connectivity index (χ1v) is 8.67. The van der Waals surface area contributed by atoms with E-state index in [1.807, 2.05) is 31.2 Å². The molecule has 1 N–H and O–H groups in total. The molecule has 0 bridgehead atoms. The molecule has 136 valence electrons. The maximum Gasteiger partial charge on any atom is 0.220 e. The van der Waals surface area contributed by atoms with Crippen LogP contribution in [0.4, 0.5) is 0 Å². The van der Waals surface area contributed by atoms with Crippen LogP contribution >= 0.6 is 11.6 Å². The third kappa shape index (κ3) is 5.68. The maximum absolute atomic E-state index is 12.1. The van der Waals surface area contributed by atoms with Crippen LogP contribution in [0.2, 0.25) is 5.02 Å². The molecule has 0 radical (unpaired) electrons. The van der Waals surface area contributed by atoms with Crippen LogP contribution in [0, 0.1) is 11.3 Å². The zero-order chi connectivity index (χ0) is 18.9. The van der Waals surface area contributed by atoms with E-state index in [2.05, 4.69) is 5.32 Å². The van der Waals surface area contributed by atoms with Gasteiger partial charge in [0.1, 0.15) is 0 Å². The number of carbonyl (C=O) groups excluding carboxylic acids is 1. The predicted octanol–water partition coefficient (Wildman–Crippen LogP) is 4.26. The molecule has 6 heteroatoms. The Bertz CT molecular complexity index is 802. The number of halogens is 1. The smallest absolute Gasteiger partial charge is 0.220 e. The van der Waals surface area contributed by atoms with E-state index >= 15 is 0 Å². The second-order valence-corrected chi connectivity index (χ2v) is 6.21. The first-order valence-electron chi connectivity index (χ1n) is 8.29. The topological polar surface area (TPSA) is 71.3 Å². The van der Waals surface area contributed by atoms with Crippen molar-refractivity contribution in [2.45, 2.75) is 25.8 Å². The van der Waals surface area contributed by atoms with Crippen molar-refractivity contribution >= 4 is 17.5 Å². The van der Waals surface area contributed by atoms with Gasteiger partial charge in [0.15, 0.2) is 11.5 Å². The summed E-state index contributed by atoms with van der Waals surface area (Å²) < 4.78 is 10.9. The Hall–Kier alpha value is -2.71. The van der Waals surface area contributed by atoms with E-state index in [0.717, 1.165) is 5.56 Å². The highest BCUT2D eigenvalue weighted by Gasteiger charge is 2.10. The van der Waals surface area contributed by atoms with Gasteiger partial charge in [-0.25, -0.2) is 0 Å².